The molecule has 0 saturated carbocycles. The Morgan fingerprint density at radius 3 is 2.80 bits per heavy atom. The molecular formula is C18H17N5OS. The number of allylic oxidation sites excluding steroid dienone is 1. The van der Waals surface area contributed by atoms with Crippen molar-refractivity contribution in [1.29, 1.82) is 0 Å². The molecule has 4 rings (SSSR count). The van der Waals surface area contributed by atoms with Gasteiger partial charge in [-0.2, -0.15) is 4.98 Å². The van der Waals surface area contributed by atoms with Crippen molar-refractivity contribution < 1.29 is 4.79 Å². The SMILES string of the molecule is CC1=C(C(N)=O)C(c2cccc(C)c2)n2nc(-c3cccs3)nc2N1. The largest absolute Gasteiger partial charge is 0.366 e. The third-order valence-corrected chi connectivity index (χ3v) is 5.08. The van der Waals surface area contributed by atoms with E-state index in [1.165, 1.54) is 0 Å². The molecule has 1 unspecified atom stereocenters. The van der Waals surface area contributed by atoms with E-state index >= 15 is 0 Å². The van der Waals surface area contributed by atoms with Crippen LogP contribution in [-0.4, -0.2) is 20.7 Å². The first kappa shape index (κ1) is 15.6. The topological polar surface area (TPSA) is 85.8 Å². The molecule has 1 atom stereocenters. The van der Waals surface area contributed by atoms with Gasteiger partial charge in [0.15, 0.2) is 5.82 Å². The molecule has 0 aliphatic carbocycles. The smallest absolute Gasteiger partial charge is 0.248 e. The molecule has 0 fully saturated rings. The Balaban J connectivity index is 1.91. The minimum absolute atomic E-state index is 0.394. The highest BCUT2D eigenvalue weighted by molar-refractivity contribution is 7.13. The first-order valence-electron chi connectivity index (χ1n) is 7.89. The summed E-state index contributed by atoms with van der Waals surface area (Å²) in [4.78, 5) is 17.7. The lowest BCUT2D eigenvalue weighted by molar-refractivity contribution is -0.115. The van der Waals surface area contributed by atoms with Crippen LogP contribution in [0.5, 0.6) is 0 Å². The van der Waals surface area contributed by atoms with Crippen LogP contribution in [0.15, 0.2) is 53.0 Å². The normalized spacial score (nSPS) is 16.5. The second kappa shape index (κ2) is 5.86. The van der Waals surface area contributed by atoms with Gasteiger partial charge in [0.05, 0.1) is 10.5 Å². The van der Waals surface area contributed by atoms with Gasteiger partial charge in [-0.15, -0.1) is 16.4 Å². The maximum absolute atomic E-state index is 12.1. The number of aryl methyl sites for hydroxylation is 1. The maximum atomic E-state index is 12.1. The number of nitrogens with two attached hydrogens (primary N) is 1. The first-order chi connectivity index (χ1) is 12.0. The number of thiophene rings is 1. The molecule has 1 aliphatic rings. The van der Waals surface area contributed by atoms with Gasteiger partial charge in [0.1, 0.15) is 6.04 Å². The average molecular weight is 351 g/mol. The summed E-state index contributed by atoms with van der Waals surface area (Å²) in [5.41, 5.74) is 8.96. The highest BCUT2D eigenvalue weighted by Gasteiger charge is 2.33. The molecule has 1 aromatic carbocycles. The molecule has 7 heteroatoms. The molecule has 25 heavy (non-hydrogen) atoms. The van der Waals surface area contributed by atoms with Crippen molar-refractivity contribution in [2.75, 3.05) is 5.32 Å². The molecule has 0 bridgehead atoms. The summed E-state index contributed by atoms with van der Waals surface area (Å²) in [6, 6.07) is 11.6. The number of primary amides is 1. The fourth-order valence-electron chi connectivity index (χ4n) is 3.13. The Morgan fingerprint density at radius 2 is 2.12 bits per heavy atom. The number of carbonyl (C=O) groups is 1. The van der Waals surface area contributed by atoms with E-state index in [0.717, 1.165) is 16.0 Å². The first-order valence-corrected chi connectivity index (χ1v) is 8.77. The Labute approximate surface area is 149 Å². The van der Waals surface area contributed by atoms with Crippen LogP contribution < -0.4 is 11.1 Å². The van der Waals surface area contributed by atoms with Gasteiger partial charge in [-0.3, -0.25) is 4.79 Å². The van der Waals surface area contributed by atoms with E-state index in [2.05, 4.69) is 15.4 Å². The van der Waals surface area contributed by atoms with E-state index in [4.69, 9.17) is 5.73 Å². The molecule has 126 valence electrons. The number of anilines is 1. The second-order valence-corrected chi connectivity index (χ2v) is 6.97. The van der Waals surface area contributed by atoms with E-state index in [1.807, 2.05) is 55.6 Å². The fourth-order valence-corrected chi connectivity index (χ4v) is 3.78. The molecule has 3 aromatic rings. The Bertz CT molecular complexity index is 987. The maximum Gasteiger partial charge on any atom is 0.248 e. The number of fused-ring (bicyclic) bond motifs is 1. The standard InChI is InChI=1S/C18H17N5OS/c1-10-5-3-6-12(9-10)15-14(16(19)24)11(2)20-18-21-17(22-23(15)18)13-7-4-8-25-13/h3-9,15H,1-2H3,(H2,19,24)(H,20,21,22). The summed E-state index contributed by atoms with van der Waals surface area (Å²) in [6.45, 7) is 3.86. The molecule has 0 saturated heterocycles. The summed E-state index contributed by atoms with van der Waals surface area (Å²) in [5.74, 6) is 0.779. The number of carbonyl (C=O) groups excluding carboxylic acids is 1. The van der Waals surface area contributed by atoms with Crippen LogP contribution in [0.25, 0.3) is 10.7 Å². The number of hydrogen-bond acceptors (Lipinski definition) is 5. The van der Waals surface area contributed by atoms with Gasteiger partial charge in [-0.1, -0.05) is 35.9 Å². The predicted molar refractivity (Wildman–Crippen MR) is 98.2 cm³/mol. The molecular weight excluding hydrogens is 334 g/mol. The van der Waals surface area contributed by atoms with Crippen molar-refractivity contribution in [3.63, 3.8) is 0 Å². The van der Waals surface area contributed by atoms with Gasteiger partial charge in [0.25, 0.3) is 0 Å². The molecule has 1 aliphatic heterocycles. The third kappa shape index (κ3) is 2.62. The van der Waals surface area contributed by atoms with Crippen molar-refractivity contribution in [3.8, 4) is 10.7 Å². The highest BCUT2D eigenvalue weighted by atomic mass is 32.1. The monoisotopic (exact) mass is 351 g/mol. The van der Waals surface area contributed by atoms with Crippen LogP contribution in [-0.2, 0) is 4.79 Å². The van der Waals surface area contributed by atoms with E-state index in [0.29, 0.717) is 23.0 Å². The quantitative estimate of drug-likeness (QED) is 0.759. The van der Waals surface area contributed by atoms with Crippen LogP contribution in [0.4, 0.5) is 5.95 Å². The second-order valence-electron chi connectivity index (χ2n) is 6.03. The van der Waals surface area contributed by atoms with Crippen LogP contribution >= 0.6 is 11.3 Å². The van der Waals surface area contributed by atoms with Gasteiger partial charge in [0, 0.05) is 5.70 Å². The minimum Gasteiger partial charge on any atom is -0.366 e. The zero-order valence-corrected chi connectivity index (χ0v) is 14.7. The summed E-state index contributed by atoms with van der Waals surface area (Å²) < 4.78 is 1.75. The molecule has 3 heterocycles. The van der Waals surface area contributed by atoms with Crippen LogP contribution in [0.2, 0.25) is 0 Å². The molecule has 1 amide bonds. The van der Waals surface area contributed by atoms with Crippen molar-refractivity contribution in [2.24, 2.45) is 5.73 Å². The van der Waals surface area contributed by atoms with Crippen LogP contribution in [0, 0.1) is 6.92 Å². The highest BCUT2D eigenvalue weighted by Crippen LogP contribution is 2.36. The Hall–Kier alpha value is -2.93. The third-order valence-electron chi connectivity index (χ3n) is 4.22. The van der Waals surface area contributed by atoms with Crippen LogP contribution in [0.1, 0.15) is 24.1 Å². The molecule has 0 spiro atoms. The number of amides is 1. The van der Waals surface area contributed by atoms with E-state index in [1.54, 1.807) is 16.0 Å². The average Bonchev–Trinajstić information content (AvgIpc) is 3.22. The molecule has 0 radical (unpaired) electrons. The van der Waals surface area contributed by atoms with E-state index in [-0.39, 0.29) is 0 Å². The summed E-state index contributed by atoms with van der Waals surface area (Å²) in [7, 11) is 0. The van der Waals surface area contributed by atoms with Crippen molar-refractivity contribution in [3.05, 3.63) is 64.2 Å². The number of benzene rings is 1. The van der Waals surface area contributed by atoms with Gasteiger partial charge in [-0.05, 0) is 30.9 Å². The lowest BCUT2D eigenvalue weighted by Crippen LogP contribution is -2.31. The number of nitrogens with one attached hydrogen (secondary N) is 1. The number of rotatable bonds is 3. The van der Waals surface area contributed by atoms with Crippen LogP contribution in [0.3, 0.4) is 0 Å². The molecule has 3 N–H and O–H groups in total. The van der Waals surface area contributed by atoms with E-state index < -0.39 is 11.9 Å². The van der Waals surface area contributed by atoms with Gasteiger partial charge >= 0.3 is 0 Å². The van der Waals surface area contributed by atoms with Gasteiger partial charge in [0.2, 0.25) is 11.9 Å². The number of hydrogen-bond donors (Lipinski definition) is 2. The summed E-state index contributed by atoms with van der Waals surface area (Å²) in [6.07, 6.45) is 0. The Kier molecular flexibility index (Phi) is 3.65. The van der Waals surface area contributed by atoms with E-state index in [9.17, 15) is 4.79 Å². The van der Waals surface area contributed by atoms with Crippen molar-refractivity contribution in [2.45, 2.75) is 19.9 Å². The van der Waals surface area contributed by atoms with Gasteiger partial charge in [-0.25, -0.2) is 4.68 Å². The number of nitrogens with zero attached hydrogens (tertiary/aromatic N) is 3. The predicted octanol–water partition coefficient (Wildman–Crippen LogP) is 3.09. The summed E-state index contributed by atoms with van der Waals surface area (Å²) in [5, 5.41) is 9.81. The lowest BCUT2D eigenvalue weighted by Gasteiger charge is -2.27. The minimum atomic E-state index is -0.463. The zero-order valence-electron chi connectivity index (χ0n) is 13.9. The Morgan fingerprint density at radius 1 is 1.28 bits per heavy atom. The number of aromatic nitrogens is 3. The van der Waals surface area contributed by atoms with Crippen molar-refractivity contribution in [1.82, 2.24) is 14.8 Å². The summed E-state index contributed by atoms with van der Waals surface area (Å²) >= 11 is 1.58. The molecule has 2 aromatic heterocycles. The molecule has 6 nitrogen and oxygen atoms in total. The zero-order chi connectivity index (χ0) is 17.6. The van der Waals surface area contributed by atoms with Crippen molar-refractivity contribution >= 4 is 23.2 Å². The van der Waals surface area contributed by atoms with Gasteiger partial charge < -0.3 is 11.1 Å². The lowest BCUT2D eigenvalue weighted by atomic mass is 9.94. The fraction of sp³-hybridized carbons (Fsp3) is 0.167.